The van der Waals surface area contributed by atoms with Crippen molar-refractivity contribution in [3.8, 4) is 0 Å². The summed E-state index contributed by atoms with van der Waals surface area (Å²) >= 11 is 6.16. The van der Waals surface area contributed by atoms with Gasteiger partial charge in [0.15, 0.2) is 0 Å². The van der Waals surface area contributed by atoms with Crippen molar-refractivity contribution in [2.45, 2.75) is 38.5 Å². The van der Waals surface area contributed by atoms with Gasteiger partial charge >= 0.3 is 0 Å². The van der Waals surface area contributed by atoms with E-state index in [0.29, 0.717) is 37.7 Å². The van der Waals surface area contributed by atoms with Crippen LogP contribution in [0.4, 0.5) is 0 Å². The molecular weight excluding hydrogens is 348 g/mol. The summed E-state index contributed by atoms with van der Waals surface area (Å²) in [5, 5.41) is 0.157. The minimum Gasteiger partial charge on any atom is -0.339 e. The number of sulfonamides is 1. The van der Waals surface area contributed by atoms with Gasteiger partial charge in [0.1, 0.15) is 4.90 Å². The summed E-state index contributed by atoms with van der Waals surface area (Å²) in [6.07, 6.45) is 1.87. The summed E-state index contributed by atoms with van der Waals surface area (Å²) in [6, 6.07) is 4.50. The lowest BCUT2D eigenvalue weighted by molar-refractivity contribution is 0.0772. The summed E-state index contributed by atoms with van der Waals surface area (Å²) in [6.45, 7) is 7.97. The second-order valence-electron chi connectivity index (χ2n) is 6.23. The number of nitrogens with zero attached hydrogens (tertiary/aromatic N) is 2. The molecule has 1 aromatic carbocycles. The Morgan fingerprint density at radius 2 is 2.00 bits per heavy atom. The van der Waals surface area contributed by atoms with Crippen LogP contribution in [0.25, 0.3) is 0 Å². The third-order valence-electron chi connectivity index (χ3n) is 4.47. The Balaban J connectivity index is 2.39. The first-order chi connectivity index (χ1) is 11.3. The Labute approximate surface area is 149 Å². The number of amides is 1. The van der Waals surface area contributed by atoms with E-state index >= 15 is 0 Å². The van der Waals surface area contributed by atoms with Gasteiger partial charge in [0.05, 0.1) is 5.02 Å². The molecule has 1 aliphatic rings. The molecule has 1 fully saturated rings. The smallest absolute Gasteiger partial charge is 0.253 e. The average molecular weight is 373 g/mol. The van der Waals surface area contributed by atoms with Crippen molar-refractivity contribution in [1.82, 2.24) is 9.21 Å². The van der Waals surface area contributed by atoms with E-state index in [9.17, 15) is 13.2 Å². The summed E-state index contributed by atoms with van der Waals surface area (Å²) in [7, 11) is -3.69. The van der Waals surface area contributed by atoms with E-state index in [1.54, 1.807) is 11.0 Å². The molecule has 1 aliphatic heterocycles. The molecule has 24 heavy (non-hydrogen) atoms. The predicted octanol–water partition coefficient (Wildman–Crippen LogP) is 3.24. The number of carbonyl (C=O) groups excluding carboxylic acids is 1. The monoisotopic (exact) mass is 372 g/mol. The predicted molar refractivity (Wildman–Crippen MR) is 95.9 cm³/mol. The quantitative estimate of drug-likeness (QED) is 0.797. The SMILES string of the molecule is CCN(CC)C(=O)c1ccc(Cl)c(S(=O)(=O)N2CCCC(C)C2)c1. The Morgan fingerprint density at radius 3 is 2.58 bits per heavy atom. The summed E-state index contributed by atoms with van der Waals surface area (Å²) in [5.41, 5.74) is 0.353. The Morgan fingerprint density at radius 1 is 1.33 bits per heavy atom. The van der Waals surface area contributed by atoms with Gasteiger partial charge < -0.3 is 4.90 Å². The Hall–Kier alpha value is -1.11. The molecule has 2 rings (SSSR count). The highest BCUT2D eigenvalue weighted by Crippen LogP contribution is 2.29. The molecule has 0 aliphatic carbocycles. The highest BCUT2D eigenvalue weighted by Gasteiger charge is 2.31. The standard InChI is InChI=1S/C17H25ClN2O3S/c1-4-19(5-2)17(21)14-8-9-15(18)16(11-14)24(22,23)20-10-6-7-13(3)12-20/h8-9,11,13H,4-7,10,12H2,1-3H3. The van der Waals surface area contributed by atoms with Gasteiger partial charge in [0.25, 0.3) is 5.91 Å². The first-order valence-corrected chi connectivity index (χ1v) is 10.2. The van der Waals surface area contributed by atoms with Crippen LogP contribution in [0, 0.1) is 5.92 Å². The molecule has 0 spiro atoms. The molecule has 1 amide bonds. The zero-order chi connectivity index (χ0) is 17.9. The number of hydrogen-bond donors (Lipinski definition) is 0. The molecule has 1 heterocycles. The fourth-order valence-corrected chi connectivity index (χ4v) is 5.13. The lowest BCUT2D eigenvalue weighted by Crippen LogP contribution is -2.39. The van der Waals surface area contributed by atoms with E-state index in [4.69, 9.17) is 11.6 Å². The van der Waals surface area contributed by atoms with E-state index in [2.05, 4.69) is 0 Å². The molecule has 1 unspecified atom stereocenters. The van der Waals surface area contributed by atoms with Crippen molar-refractivity contribution in [1.29, 1.82) is 0 Å². The molecule has 0 aromatic heterocycles. The van der Waals surface area contributed by atoms with Gasteiger partial charge in [-0.05, 0) is 50.8 Å². The fourth-order valence-electron chi connectivity index (χ4n) is 3.03. The highest BCUT2D eigenvalue weighted by atomic mass is 35.5. The minimum atomic E-state index is -3.69. The maximum Gasteiger partial charge on any atom is 0.253 e. The van der Waals surface area contributed by atoms with Crippen molar-refractivity contribution in [2.24, 2.45) is 5.92 Å². The molecule has 1 aromatic rings. The van der Waals surface area contributed by atoms with Gasteiger partial charge in [-0.1, -0.05) is 18.5 Å². The first kappa shape index (κ1) is 19.2. The van der Waals surface area contributed by atoms with Crippen molar-refractivity contribution >= 4 is 27.5 Å². The Bertz CT molecular complexity index is 702. The molecule has 1 saturated heterocycles. The number of rotatable bonds is 5. The maximum absolute atomic E-state index is 13.0. The van der Waals surface area contributed by atoms with Crippen molar-refractivity contribution in [2.75, 3.05) is 26.2 Å². The van der Waals surface area contributed by atoms with Crippen LogP contribution in [0.5, 0.6) is 0 Å². The van der Waals surface area contributed by atoms with Crippen molar-refractivity contribution in [3.05, 3.63) is 28.8 Å². The summed E-state index contributed by atoms with van der Waals surface area (Å²) < 4.78 is 27.4. The van der Waals surface area contributed by atoms with Crippen LogP contribution in [0.2, 0.25) is 5.02 Å². The zero-order valence-corrected chi connectivity index (χ0v) is 16.0. The third-order valence-corrected chi connectivity index (χ3v) is 6.81. The topological polar surface area (TPSA) is 57.7 Å². The molecule has 0 radical (unpaired) electrons. The number of hydrogen-bond acceptors (Lipinski definition) is 3. The van der Waals surface area contributed by atoms with Gasteiger partial charge in [-0.3, -0.25) is 4.79 Å². The number of piperidine rings is 1. The maximum atomic E-state index is 13.0. The van der Waals surface area contributed by atoms with Crippen LogP contribution in [-0.2, 0) is 10.0 Å². The van der Waals surface area contributed by atoms with Gasteiger partial charge in [0, 0.05) is 31.7 Å². The van der Waals surface area contributed by atoms with Crippen LogP contribution in [0.3, 0.4) is 0 Å². The van der Waals surface area contributed by atoms with E-state index in [1.165, 1.54) is 16.4 Å². The number of halogens is 1. The van der Waals surface area contributed by atoms with E-state index in [0.717, 1.165) is 12.8 Å². The Kier molecular flexibility index (Phi) is 6.28. The lowest BCUT2D eigenvalue weighted by Gasteiger charge is -2.30. The molecule has 0 bridgehead atoms. The van der Waals surface area contributed by atoms with Crippen LogP contribution in [-0.4, -0.2) is 49.7 Å². The molecule has 7 heteroatoms. The van der Waals surface area contributed by atoms with Crippen molar-refractivity contribution in [3.63, 3.8) is 0 Å². The zero-order valence-electron chi connectivity index (χ0n) is 14.5. The highest BCUT2D eigenvalue weighted by molar-refractivity contribution is 7.89. The molecular formula is C17H25ClN2O3S. The van der Waals surface area contributed by atoms with Gasteiger partial charge in [-0.15, -0.1) is 0 Å². The van der Waals surface area contributed by atoms with E-state index in [1.807, 2.05) is 20.8 Å². The van der Waals surface area contributed by atoms with E-state index < -0.39 is 10.0 Å². The first-order valence-electron chi connectivity index (χ1n) is 8.40. The average Bonchev–Trinajstić information content (AvgIpc) is 2.56. The molecule has 134 valence electrons. The molecule has 0 N–H and O–H groups in total. The fraction of sp³-hybridized carbons (Fsp3) is 0.588. The lowest BCUT2D eigenvalue weighted by atomic mass is 10.0. The van der Waals surface area contributed by atoms with Gasteiger partial charge in [-0.2, -0.15) is 4.31 Å². The normalized spacial score (nSPS) is 19.2. The third kappa shape index (κ3) is 3.92. The largest absolute Gasteiger partial charge is 0.339 e. The van der Waals surface area contributed by atoms with Gasteiger partial charge in [-0.25, -0.2) is 8.42 Å². The van der Waals surface area contributed by atoms with Gasteiger partial charge in [0.2, 0.25) is 10.0 Å². The van der Waals surface area contributed by atoms with Crippen LogP contribution >= 0.6 is 11.6 Å². The summed E-state index contributed by atoms with van der Waals surface area (Å²) in [5.74, 6) is 0.146. The molecule has 1 atom stereocenters. The van der Waals surface area contributed by atoms with Crippen molar-refractivity contribution < 1.29 is 13.2 Å². The minimum absolute atomic E-state index is 0.0243. The second kappa shape index (κ2) is 7.85. The molecule has 0 saturated carbocycles. The second-order valence-corrected chi connectivity index (χ2v) is 8.55. The van der Waals surface area contributed by atoms with Crippen LogP contribution in [0.1, 0.15) is 44.0 Å². The number of benzene rings is 1. The van der Waals surface area contributed by atoms with Crippen LogP contribution in [0.15, 0.2) is 23.1 Å². The number of carbonyl (C=O) groups is 1. The van der Waals surface area contributed by atoms with Crippen LogP contribution < -0.4 is 0 Å². The molecule has 5 nitrogen and oxygen atoms in total. The van der Waals surface area contributed by atoms with E-state index in [-0.39, 0.29) is 15.8 Å². The summed E-state index contributed by atoms with van der Waals surface area (Å²) in [4.78, 5) is 14.2.